The lowest BCUT2D eigenvalue weighted by Gasteiger charge is -2.21. The Hall–Kier alpha value is -1.49. The second-order valence-corrected chi connectivity index (χ2v) is 4.78. The molecule has 3 N–H and O–H groups in total. The highest BCUT2D eigenvalue weighted by molar-refractivity contribution is 6.29. The number of furan rings is 1. The van der Waals surface area contributed by atoms with E-state index in [0.717, 1.165) is 11.3 Å². The molecule has 0 aliphatic rings. The van der Waals surface area contributed by atoms with E-state index < -0.39 is 6.10 Å². The van der Waals surface area contributed by atoms with Crippen LogP contribution < -0.4 is 10.5 Å². The first-order chi connectivity index (χ1) is 9.67. The number of hydrogen-bond acceptors (Lipinski definition) is 4. The van der Waals surface area contributed by atoms with Crippen LogP contribution in [-0.4, -0.2) is 18.3 Å². The van der Waals surface area contributed by atoms with Crippen molar-refractivity contribution in [3.63, 3.8) is 0 Å². The Kier molecular flexibility index (Phi) is 5.06. The Morgan fingerprint density at radius 3 is 2.50 bits per heavy atom. The first-order valence-electron chi connectivity index (χ1n) is 6.51. The van der Waals surface area contributed by atoms with Crippen LogP contribution in [-0.2, 0) is 0 Å². The first kappa shape index (κ1) is 14.9. The first-order valence-corrected chi connectivity index (χ1v) is 6.89. The van der Waals surface area contributed by atoms with Gasteiger partial charge >= 0.3 is 0 Å². The highest BCUT2D eigenvalue weighted by Gasteiger charge is 2.24. The van der Waals surface area contributed by atoms with E-state index in [1.807, 2.05) is 31.2 Å². The maximum absolute atomic E-state index is 10.4. The second-order valence-electron chi connectivity index (χ2n) is 4.44. The molecule has 1 heterocycles. The second kappa shape index (κ2) is 6.79. The van der Waals surface area contributed by atoms with Crippen molar-refractivity contribution in [1.82, 2.24) is 0 Å². The normalized spacial score (nSPS) is 14.0. The molecule has 0 saturated heterocycles. The van der Waals surface area contributed by atoms with Gasteiger partial charge in [-0.05, 0) is 42.3 Å². The molecule has 5 heteroatoms. The number of ether oxygens (including phenoxy) is 1. The predicted molar refractivity (Wildman–Crippen MR) is 78.1 cm³/mol. The van der Waals surface area contributed by atoms with E-state index in [4.69, 9.17) is 26.5 Å². The summed E-state index contributed by atoms with van der Waals surface area (Å²) in [5.74, 6) is 0.545. The molecule has 0 fully saturated rings. The zero-order chi connectivity index (χ0) is 14.5. The van der Waals surface area contributed by atoms with E-state index >= 15 is 0 Å². The van der Waals surface area contributed by atoms with Gasteiger partial charge in [-0.1, -0.05) is 12.1 Å². The summed E-state index contributed by atoms with van der Waals surface area (Å²) in [4.78, 5) is 0. The van der Waals surface area contributed by atoms with Crippen LogP contribution in [0.2, 0.25) is 5.22 Å². The summed E-state index contributed by atoms with van der Waals surface area (Å²) in [5, 5.41) is 10.6. The highest BCUT2D eigenvalue weighted by Crippen LogP contribution is 2.35. The predicted octanol–water partition coefficient (Wildman–Crippen LogP) is 3.11. The minimum absolute atomic E-state index is 0.196. The average Bonchev–Trinajstić information content (AvgIpc) is 2.88. The molecule has 0 saturated carbocycles. The van der Waals surface area contributed by atoms with Gasteiger partial charge in [0.25, 0.3) is 0 Å². The summed E-state index contributed by atoms with van der Waals surface area (Å²) in [7, 11) is 0. The average molecular weight is 296 g/mol. The molecule has 0 aliphatic carbocycles. The molecule has 20 heavy (non-hydrogen) atoms. The lowest BCUT2D eigenvalue weighted by Crippen LogP contribution is -2.20. The highest BCUT2D eigenvalue weighted by atomic mass is 35.5. The monoisotopic (exact) mass is 295 g/mol. The van der Waals surface area contributed by atoms with Gasteiger partial charge in [-0.3, -0.25) is 0 Å². The van der Waals surface area contributed by atoms with Gasteiger partial charge in [0.05, 0.1) is 19.0 Å². The summed E-state index contributed by atoms with van der Waals surface area (Å²) < 4.78 is 10.4. The standard InChI is InChI=1S/C15H18ClNO3/c1-2-19-11-5-3-10(4-6-11)13(9-17)14(18)12-7-8-20-15(12)16/h3-8,13-14,18H,2,9,17H2,1H3. The van der Waals surface area contributed by atoms with Crippen molar-refractivity contribution >= 4 is 11.6 Å². The summed E-state index contributed by atoms with van der Waals surface area (Å²) >= 11 is 5.90. The maximum Gasteiger partial charge on any atom is 0.198 e. The van der Waals surface area contributed by atoms with Crippen LogP contribution in [0.1, 0.15) is 30.1 Å². The Labute approximate surface area is 123 Å². The van der Waals surface area contributed by atoms with Crippen LogP contribution in [0.3, 0.4) is 0 Å². The van der Waals surface area contributed by atoms with Crippen LogP contribution in [0.5, 0.6) is 5.75 Å². The molecule has 0 amide bonds. The van der Waals surface area contributed by atoms with Gasteiger partial charge in [-0.15, -0.1) is 0 Å². The van der Waals surface area contributed by atoms with Crippen molar-refractivity contribution in [2.24, 2.45) is 5.73 Å². The van der Waals surface area contributed by atoms with E-state index in [2.05, 4.69) is 0 Å². The molecule has 1 aromatic carbocycles. The van der Waals surface area contributed by atoms with Crippen LogP contribution in [0.15, 0.2) is 41.0 Å². The van der Waals surface area contributed by atoms with Gasteiger partial charge < -0.3 is 20.0 Å². The minimum Gasteiger partial charge on any atom is -0.494 e. The lowest BCUT2D eigenvalue weighted by molar-refractivity contribution is 0.147. The van der Waals surface area contributed by atoms with Gasteiger partial charge in [0.15, 0.2) is 5.22 Å². The molecule has 4 nitrogen and oxygen atoms in total. The fourth-order valence-corrected chi connectivity index (χ4v) is 2.38. The van der Waals surface area contributed by atoms with Crippen molar-refractivity contribution in [2.45, 2.75) is 18.9 Å². The Morgan fingerprint density at radius 1 is 1.30 bits per heavy atom. The quantitative estimate of drug-likeness (QED) is 0.859. The molecule has 108 valence electrons. The van der Waals surface area contributed by atoms with Crippen molar-refractivity contribution in [3.8, 4) is 5.75 Å². The summed E-state index contributed by atoms with van der Waals surface area (Å²) in [6, 6.07) is 9.19. The number of aliphatic hydroxyl groups is 1. The topological polar surface area (TPSA) is 68.6 Å². The van der Waals surface area contributed by atoms with Crippen molar-refractivity contribution < 1.29 is 14.3 Å². The Balaban J connectivity index is 2.21. The summed E-state index contributed by atoms with van der Waals surface area (Å²) in [6.45, 7) is 2.85. The third-order valence-electron chi connectivity index (χ3n) is 3.22. The minimum atomic E-state index is -0.802. The third-order valence-corrected chi connectivity index (χ3v) is 3.53. The molecule has 1 aromatic heterocycles. The molecule has 2 rings (SSSR count). The number of aliphatic hydroxyl groups excluding tert-OH is 1. The van der Waals surface area contributed by atoms with Gasteiger partial charge in [0.2, 0.25) is 0 Å². The van der Waals surface area contributed by atoms with Crippen LogP contribution >= 0.6 is 11.6 Å². The Morgan fingerprint density at radius 2 is 2.00 bits per heavy atom. The van der Waals surface area contributed by atoms with E-state index in [9.17, 15) is 5.11 Å². The number of nitrogens with two attached hydrogens (primary N) is 1. The van der Waals surface area contributed by atoms with Crippen LogP contribution in [0.4, 0.5) is 0 Å². The molecular weight excluding hydrogens is 278 g/mol. The van der Waals surface area contributed by atoms with Crippen molar-refractivity contribution in [1.29, 1.82) is 0 Å². The number of benzene rings is 1. The number of hydrogen-bond donors (Lipinski definition) is 2. The van der Waals surface area contributed by atoms with Gasteiger partial charge in [-0.2, -0.15) is 0 Å². The number of rotatable bonds is 6. The van der Waals surface area contributed by atoms with Gasteiger partial charge in [-0.25, -0.2) is 0 Å². The zero-order valence-electron chi connectivity index (χ0n) is 11.3. The Bertz CT molecular complexity index is 538. The largest absolute Gasteiger partial charge is 0.494 e. The van der Waals surface area contributed by atoms with E-state index in [-0.39, 0.29) is 11.1 Å². The van der Waals surface area contributed by atoms with Crippen molar-refractivity contribution in [2.75, 3.05) is 13.2 Å². The van der Waals surface area contributed by atoms with E-state index in [1.54, 1.807) is 6.07 Å². The molecule has 2 aromatic rings. The zero-order valence-corrected chi connectivity index (χ0v) is 12.0. The van der Waals surface area contributed by atoms with Crippen LogP contribution in [0, 0.1) is 0 Å². The number of halogens is 1. The molecule has 0 bridgehead atoms. The van der Waals surface area contributed by atoms with Gasteiger partial charge in [0.1, 0.15) is 5.75 Å². The SMILES string of the molecule is CCOc1ccc(C(CN)C(O)c2ccoc2Cl)cc1. The summed E-state index contributed by atoms with van der Waals surface area (Å²) in [5.41, 5.74) is 7.28. The van der Waals surface area contributed by atoms with Crippen molar-refractivity contribution in [3.05, 3.63) is 52.9 Å². The van der Waals surface area contributed by atoms with E-state index in [0.29, 0.717) is 18.7 Å². The fourth-order valence-electron chi connectivity index (χ4n) is 2.16. The molecule has 2 atom stereocenters. The molecule has 2 unspecified atom stereocenters. The van der Waals surface area contributed by atoms with Gasteiger partial charge in [0, 0.05) is 18.0 Å². The maximum atomic E-state index is 10.4. The van der Waals surface area contributed by atoms with E-state index in [1.165, 1.54) is 6.26 Å². The smallest absolute Gasteiger partial charge is 0.198 e. The molecule has 0 spiro atoms. The molecule has 0 radical (unpaired) electrons. The third kappa shape index (κ3) is 3.15. The molecular formula is C15H18ClNO3. The fraction of sp³-hybridized carbons (Fsp3) is 0.333. The lowest BCUT2D eigenvalue weighted by atomic mass is 9.90. The summed E-state index contributed by atoms with van der Waals surface area (Å²) in [6.07, 6.45) is 0.649. The van der Waals surface area contributed by atoms with Crippen LogP contribution in [0.25, 0.3) is 0 Å². The molecule has 0 aliphatic heterocycles.